The lowest BCUT2D eigenvalue weighted by atomic mass is 10.1. The van der Waals surface area contributed by atoms with Gasteiger partial charge in [0.2, 0.25) is 5.91 Å². The Hall–Kier alpha value is -3.68. The van der Waals surface area contributed by atoms with E-state index < -0.39 is 6.04 Å². The lowest BCUT2D eigenvalue weighted by molar-refractivity contribution is -0.121. The molecule has 2 heterocycles. The summed E-state index contributed by atoms with van der Waals surface area (Å²) in [6, 6.07) is 13.3. The average molecular weight is 393 g/mol. The third-order valence-corrected chi connectivity index (χ3v) is 4.44. The minimum absolute atomic E-state index is 0.122. The van der Waals surface area contributed by atoms with Crippen LogP contribution in [0, 0.1) is 11.6 Å². The largest absolute Gasteiger partial charge is 0.346 e. The van der Waals surface area contributed by atoms with Crippen molar-refractivity contribution in [3.63, 3.8) is 0 Å². The maximum atomic E-state index is 14.0. The second kappa shape index (κ2) is 7.75. The van der Waals surface area contributed by atoms with Crippen LogP contribution in [0.1, 0.15) is 24.4 Å². The number of nitrogens with one attached hydrogen (secondary N) is 1. The van der Waals surface area contributed by atoms with Crippen molar-refractivity contribution in [2.45, 2.75) is 19.4 Å². The molecule has 0 unspecified atom stereocenters. The first kappa shape index (κ1) is 18.7. The van der Waals surface area contributed by atoms with Gasteiger partial charge in [-0.05, 0) is 36.8 Å². The van der Waals surface area contributed by atoms with Crippen molar-refractivity contribution in [2.75, 3.05) is 0 Å². The number of amides is 1. The minimum Gasteiger partial charge on any atom is -0.346 e. The summed E-state index contributed by atoms with van der Waals surface area (Å²) in [5.41, 5.74) is 2.02. The third kappa shape index (κ3) is 4.11. The molecule has 0 fully saturated rings. The lowest BCUT2D eigenvalue weighted by Crippen LogP contribution is -2.28. The first-order valence-corrected chi connectivity index (χ1v) is 9.00. The van der Waals surface area contributed by atoms with E-state index in [0.29, 0.717) is 28.3 Å². The fraction of sp³-hybridized carbons (Fsp3) is 0.143. The van der Waals surface area contributed by atoms with E-state index in [4.69, 9.17) is 0 Å². The predicted molar refractivity (Wildman–Crippen MR) is 103 cm³/mol. The van der Waals surface area contributed by atoms with Crippen LogP contribution < -0.4 is 5.32 Å². The fourth-order valence-electron chi connectivity index (χ4n) is 2.96. The monoisotopic (exact) mass is 393 g/mol. The summed E-state index contributed by atoms with van der Waals surface area (Å²) in [5, 5.41) is 7.15. The van der Waals surface area contributed by atoms with Crippen LogP contribution in [0.25, 0.3) is 16.9 Å². The van der Waals surface area contributed by atoms with Gasteiger partial charge < -0.3 is 5.32 Å². The zero-order valence-electron chi connectivity index (χ0n) is 15.5. The Balaban J connectivity index is 1.50. The molecule has 29 heavy (non-hydrogen) atoms. The number of benzene rings is 2. The molecule has 0 aliphatic rings. The molecule has 0 aliphatic heterocycles. The highest BCUT2D eigenvalue weighted by atomic mass is 19.1. The molecule has 0 radical (unpaired) electrons. The average Bonchev–Trinajstić information content (AvgIpc) is 3.13. The number of fused-ring (bicyclic) bond motifs is 1. The fourth-order valence-corrected chi connectivity index (χ4v) is 2.96. The number of hydrogen-bond acceptors (Lipinski definition) is 4. The van der Waals surface area contributed by atoms with Crippen LogP contribution in [0.4, 0.5) is 8.78 Å². The molecule has 4 rings (SSSR count). The van der Waals surface area contributed by atoms with Crippen molar-refractivity contribution < 1.29 is 13.6 Å². The first-order valence-electron chi connectivity index (χ1n) is 9.00. The van der Waals surface area contributed by atoms with Gasteiger partial charge in [0.15, 0.2) is 11.5 Å². The van der Waals surface area contributed by atoms with E-state index in [0.717, 1.165) is 0 Å². The molecular weight excluding hydrogens is 376 g/mol. The number of carbonyl (C=O) groups excluding carboxylic acids is 1. The molecule has 2 aromatic carbocycles. The second-order valence-corrected chi connectivity index (χ2v) is 6.62. The van der Waals surface area contributed by atoms with Gasteiger partial charge in [0.1, 0.15) is 18.0 Å². The summed E-state index contributed by atoms with van der Waals surface area (Å²) in [6.07, 6.45) is 1.58. The van der Waals surface area contributed by atoms with E-state index in [1.54, 1.807) is 43.3 Å². The number of rotatable bonds is 5. The van der Waals surface area contributed by atoms with Crippen LogP contribution in [-0.4, -0.2) is 25.5 Å². The maximum absolute atomic E-state index is 14.0. The molecule has 0 bridgehead atoms. The summed E-state index contributed by atoms with van der Waals surface area (Å²) in [6.45, 7) is 1.77. The number of nitrogens with zero attached hydrogens (tertiary/aromatic N) is 4. The Morgan fingerprint density at radius 1 is 1.14 bits per heavy atom. The quantitative estimate of drug-likeness (QED) is 0.563. The van der Waals surface area contributed by atoms with Crippen LogP contribution in [0.3, 0.4) is 0 Å². The molecule has 4 aromatic rings. The highest BCUT2D eigenvalue weighted by Gasteiger charge is 2.16. The molecular formula is C21H17F2N5O. The van der Waals surface area contributed by atoms with Crippen LogP contribution in [0.15, 0.2) is 60.9 Å². The molecule has 2 aromatic heterocycles. The maximum Gasteiger partial charge on any atom is 0.224 e. The summed E-state index contributed by atoms with van der Waals surface area (Å²) in [5.74, 6) is -0.539. The van der Waals surface area contributed by atoms with Crippen molar-refractivity contribution in [2.24, 2.45) is 0 Å². The smallest absolute Gasteiger partial charge is 0.224 e. The molecule has 1 atom stereocenters. The van der Waals surface area contributed by atoms with Gasteiger partial charge in [0, 0.05) is 11.6 Å². The molecule has 0 saturated heterocycles. The molecule has 1 N–H and O–H groups in total. The molecule has 6 nitrogen and oxygen atoms in total. The van der Waals surface area contributed by atoms with Crippen LogP contribution in [0.2, 0.25) is 0 Å². The van der Waals surface area contributed by atoms with Crippen molar-refractivity contribution in [3.8, 4) is 11.3 Å². The molecule has 0 saturated carbocycles. The zero-order chi connectivity index (χ0) is 20.4. The summed E-state index contributed by atoms with van der Waals surface area (Å²) in [4.78, 5) is 20.9. The standard InChI is InChI=1S/C21H17F2N5O/c1-13(25-20(29)10-14-6-8-15(22)9-7-14)21-26-19-11-18(24-12-28(19)27-21)16-4-2-3-5-17(16)23/h2-9,11-13H,10H2,1H3,(H,25,29)/t13-/m1/s1. The van der Waals surface area contributed by atoms with Gasteiger partial charge >= 0.3 is 0 Å². The highest BCUT2D eigenvalue weighted by Crippen LogP contribution is 2.21. The highest BCUT2D eigenvalue weighted by molar-refractivity contribution is 5.78. The summed E-state index contributed by atoms with van der Waals surface area (Å²) < 4.78 is 28.4. The molecule has 8 heteroatoms. The van der Waals surface area contributed by atoms with Gasteiger partial charge in [-0.3, -0.25) is 4.79 Å². The molecule has 146 valence electrons. The van der Waals surface area contributed by atoms with Crippen molar-refractivity contribution in [1.29, 1.82) is 0 Å². The third-order valence-electron chi connectivity index (χ3n) is 4.44. The number of halogens is 2. The Morgan fingerprint density at radius 3 is 2.66 bits per heavy atom. The summed E-state index contributed by atoms with van der Waals surface area (Å²) >= 11 is 0. The van der Waals surface area contributed by atoms with E-state index in [-0.39, 0.29) is 24.0 Å². The van der Waals surface area contributed by atoms with Gasteiger partial charge in [-0.2, -0.15) is 0 Å². The van der Waals surface area contributed by atoms with Gasteiger partial charge in [0.05, 0.1) is 18.2 Å². The van der Waals surface area contributed by atoms with Crippen LogP contribution in [-0.2, 0) is 11.2 Å². The lowest BCUT2D eigenvalue weighted by Gasteiger charge is -2.10. The van der Waals surface area contributed by atoms with E-state index >= 15 is 0 Å². The number of hydrogen-bond donors (Lipinski definition) is 1. The predicted octanol–water partition coefficient (Wildman–Crippen LogP) is 3.49. The molecule has 1 amide bonds. The topological polar surface area (TPSA) is 72.2 Å². The number of carbonyl (C=O) groups is 1. The molecule has 0 aliphatic carbocycles. The minimum atomic E-state index is -0.445. The van der Waals surface area contributed by atoms with Gasteiger partial charge in [-0.25, -0.2) is 23.3 Å². The van der Waals surface area contributed by atoms with Gasteiger partial charge in [-0.15, -0.1) is 5.10 Å². The van der Waals surface area contributed by atoms with Crippen molar-refractivity contribution in [1.82, 2.24) is 24.9 Å². The number of aromatic nitrogens is 4. The summed E-state index contributed by atoms with van der Waals surface area (Å²) in [7, 11) is 0. The molecule has 0 spiro atoms. The van der Waals surface area contributed by atoms with E-state index in [2.05, 4.69) is 20.4 Å². The van der Waals surface area contributed by atoms with Gasteiger partial charge in [0.25, 0.3) is 0 Å². The van der Waals surface area contributed by atoms with Crippen LogP contribution >= 0.6 is 0 Å². The van der Waals surface area contributed by atoms with E-state index in [1.165, 1.54) is 29.0 Å². The zero-order valence-corrected chi connectivity index (χ0v) is 15.5. The van der Waals surface area contributed by atoms with Crippen LogP contribution in [0.5, 0.6) is 0 Å². The van der Waals surface area contributed by atoms with Gasteiger partial charge in [-0.1, -0.05) is 24.3 Å². The van der Waals surface area contributed by atoms with E-state index in [9.17, 15) is 13.6 Å². The Labute approximate surface area is 165 Å². The SMILES string of the molecule is C[C@@H](NC(=O)Cc1ccc(F)cc1)c1nc2cc(-c3ccccc3F)ncn2n1. The Kier molecular flexibility index (Phi) is 4.99. The van der Waals surface area contributed by atoms with E-state index in [1.807, 2.05) is 0 Å². The Bertz CT molecular complexity index is 1170. The normalized spacial score (nSPS) is 12.1. The first-order chi connectivity index (χ1) is 14.0. The van der Waals surface area contributed by atoms with Crippen molar-refractivity contribution >= 4 is 11.6 Å². The van der Waals surface area contributed by atoms with Crippen molar-refractivity contribution in [3.05, 3.63) is 83.9 Å². The second-order valence-electron chi connectivity index (χ2n) is 6.62. The Morgan fingerprint density at radius 2 is 1.90 bits per heavy atom.